The van der Waals surface area contributed by atoms with Crippen molar-refractivity contribution in [2.45, 2.75) is 53.5 Å². The summed E-state index contributed by atoms with van der Waals surface area (Å²) in [7, 11) is 0. The van der Waals surface area contributed by atoms with Crippen LogP contribution in [0.15, 0.2) is 18.2 Å². The molecular weight excluding hydrogens is 368 g/mol. The van der Waals surface area contributed by atoms with Crippen molar-refractivity contribution < 1.29 is 14.3 Å². The summed E-state index contributed by atoms with van der Waals surface area (Å²) >= 11 is 0. The minimum Gasteiger partial charge on any atom is -0.492 e. The molecule has 1 aromatic carbocycles. The highest BCUT2D eigenvalue weighted by Crippen LogP contribution is 2.26. The molecule has 0 atom stereocenters. The van der Waals surface area contributed by atoms with E-state index in [1.165, 1.54) is 0 Å². The number of hydrogen-bond acceptors (Lipinski definition) is 4. The number of aromatic nitrogens is 2. The molecule has 2 amide bonds. The second-order valence-electron chi connectivity index (χ2n) is 7.97. The van der Waals surface area contributed by atoms with Crippen molar-refractivity contribution in [3.8, 4) is 5.75 Å². The average molecular weight is 399 g/mol. The monoisotopic (exact) mass is 398 g/mol. The third-order valence-corrected chi connectivity index (χ3v) is 5.07. The first-order valence-electron chi connectivity index (χ1n) is 10.2. The minimum atomic E-state index is -0.0305. The second kappa shape index (κ2) is 9.11. The van der Waals surface area contributed by atoms with Crippen molar-refractivity contribution in [2.75, 3.05) is 18.5 Å². The number of hydrogen-bond donors (Lipinski definition) is 2. The molecule has 0 saturated carbocycles. The molecule has 3 rings (SSSR count). The Balaban J connectivity index is 1.46. The molecule has 2 aromatic rings. The number of carbonyl (C=O) groups is 2. The van der Waals surface area contributed by atoms with Crippen LogP contribution in [-0.4, -0.2) is 34.7 Å². The van der Waals surface area contributed by atoms with Gasteiger partial charge < -0.3 is 15.4 Å². The largest absolute Gasteiger partial charge is 0.492 e. The van der Waals surface area contributed by atoms with Gasteiger partial charge in [0.25, 0.3) is 0 Å². The Morgan fingerprint density at radius 2 is 2.10 bits per heavy atom. The first-order chi connectivity index (χ1) is 13.8. The van der Waals surface area contributed by atoms with E-state index in [1.54, 1.807) is 0 Å². The maximum Gasteiger partial charge on any atom is 0.224 e. The Hall–Kier alpha value is -2.83. The van der Waals surface area contributed by atoms with E-state index in [4.69, 9.17) is 4.74 Å². The van der Waals surface area contributed by atoms with Crippen molar-refractivity contribution in [1.29, 1.82) is 0 Å². The van der Waals surface area contributed by atoms with E-state index < -0.39 is 0 Å². The Labute approximate surface area is 171 Å². The van der Waals surface area contributed by atoms with Gasteiger partial charge in [-0.15, -0.1) is 0 Å². The van der Waals surface area contributed by atoms with Gasteiger partial charge in [0.2, 0.25) is 11.8 Å². The summed E-state index contributed by atoms with van der Waals surface area (Å²) in [5.74, 6) is 1.27. The van der Waals surface area contributed by atoms with Gasteiger partial charge in [-0.3, -0.25) is 14.3 Å². The zero-order valence-electron chi connectivity index (χ0n) is 17.7. The van der Waals surface area contributed by atoms with E-state index in [0.717, 1.165) is 46.9 Å². The summed E-state index contributed by atoms with van der Waals surface area (Å²) in [4.78, 5) is 23.8. The molecule has 1 aliphatic heterocycles. The first-order valence-corrected chi connectivity index (χ1v) is 10.2. The van der Waals surface area contributed by atoms with E-state index in [1.807, 2.05) is 36.7 Å². The number of amides is 2. The predicted octanol–water partition coefficient (Wildman–Crippen LogP) is 2.78. The summed E-state index contributed by atoms with van der Waals surface area (Å²) in [5, 5.41) is 10.3. The molecule has 0 saturated heterocycles. The summed E-state index contributed by atoms with van der Waals surface area (Å²) in [5.41, 5.74) is 4.90. The van der Waals surface area contributed by atoms with Crippen LogP contribution in [0.1, 0.15) is 42.8 Å². The fourth-order valence-corrected chi connectivity index (χ4v) is 3.55. The lowest BCUT2D eigenvalue weighted by Crippen LogP contribution is -2.29. The molecule has 7 heteroatoms. The number of aryl methyl sites for hydroxylation is 2. The van der Waals surface area contributed by atoms with Gasteiger partial charge in [0.05, 0.1) is 18.7 Å². The maximum atomic E-state index is 12.3. The van der Waals surface area contributed by atoms with Gasteiger partial charge in [-0.25, -0.2) is 0 Å². The van der Waals surface area contributed by atoms with Crippen LogP contribution >= 0.6 is 0 Å². The highest BCUT2D eigenvalue weighted by atomic mass is 16.5. The van der Waals surface area contributed by atoms with Gasteiger partial charge in [0.1, 0.15) is 12.4 Å². The molecule has 156 valence electrons. The zero-order chi connectivity index (χ0) is 21.0. The van der Waals surface area contributed by atoms with Crippen molar-refractivity contribution in [3.63, 3.8) is 0 Å². The average Bonchev–Trinajstić information content (AvgIpc) is 2.92. The SMILES string of the molecule is Cc1nn(CC(C)C)c(C)c1CC(=O)NCCOc1ccc2c(c1)CCC(=O)N2. The van der Waals surface area contributed by atoms with Crippen molar-refractivity contribution in [1.82, 2.24) is 15.1 Å². The van der Waals surface area contributed by atoms with Crippen LogP contribution in [0.4, 0.5) is 5.69 Å². The molecule has 2 heterocycles. The number of ether oxygens (including phenoxy) is 1. The molecule has 7 nitrogen and oxygen atoms in total. The zero-order valence-corrected chi connectivity index (χ0v) is 17.7. The van der Waals surface area contributed by atoms with Crippen LogP contribution in [0, 0.1) is 19.8 Å². The number of carbonyl (C=O) groups excluding carboxylic acids is 2. The van der Waals surface area contributed by atoms with Crippen LogP contribution < -0.4 is 15.4 Å². The van der Waals surface area contributed by atoms with Crippen LogP contribution in [0.25, 0.3) is 0 Å². The van der Waals surface area contributed by atoms with Crippen LogP contribution in [0.5, 0.6) is 5.75 Å². The number of benzene rings is 1. The van der Waals surface area contributed by atoms with Crippen molar-refractivity contribution in [3.05, 3.63) is 40.7 Å². The van der Waals surface area contributed by atoms with Gasteiger partial charge in [-0.05, 0) is 49.9 Å². The lowest BCUT2D eigenvalue weighted by atomic mass is 10.0. The Kier molecular flexibility index (Phi) is 6.56. The number of anilines is 1. The van der Waals surface area contributed by atoms with Crippen LogP contribution in [-0.2, 0) is 29.0 Å². The molecule has 0 radical (unpaired) electrons. The molecule has 29 heavy (non-hydrogen) atoms. The number of rotatable bonds is 8. The second-order valence-corrected chi connectivity index (χ2v) is 7.97. The lowest BCUT2D eigenvalue weighted by Gasteiger charge is -2.17. The molecular formula is C22H30N4O3. The summed E-state index contributed by atoms with van der Waals surface area (Å²) < 4.78 is 7.74. The molecule has 2 N–H and O–H groups in total. The van der Waals surface area contributed by atoms with Crippen molar-refractivity contribution >= 4 is 17.5 Å². The van der Waals surface area contributed by atoms with Gasteiger partial charge in [-0.2, -0.15) is 5.10 Å². The van der Waals surface area contributed by atoms with Crippen LogP contribution in [0.3, 0.4) is 0 Å². The predicted molar refractivity (Wildman–Crippen MR) is 112 cm³/mol. The van der Waals surface area contributed by atoms with E-state index >= 15 is 0 Å². The molecule has 0 unspecified atom stereocenters. The number of nitrogens with one attached hydrogen (secondary N) is 2. The summed E-state index contributed by atoms with van der Waals surface area (Å²) in [6.07, 6.45) is 1.55. The summed E-state index contributed by atoms with van der Waals surface area (Å²) in [6, 6.07) is 5.65. The third kappa shape index (κ3) is 5.37. The Morgan fingerprint density at radius 3 is 2.86 bits per heavy atom. The molecule has 0 bridgehead atoms. The maximum absolute atomic E-state index is 12.3. The molecule has 1 aliphatic rings. The van der Waals surface area contributed by atoms with Gasteiger partial charge in [0.15, 0.2) is 0 Å². The van der Waals surface area contributed by atoms with Gasteiger partial charge in [-0.1, -0.05) is 13.8 Å². The molecule has 0 spiro atoms. The van der Waals surface area contributed by atoms with Gasteiger partial charge in [0, 0.05) is 29.9 Å². The summed E-state index contributed by atoms with van der Waals surface area (Å²) in [6.45, 7) is 9.96. The Bertz CT molecular complexity index is 902. The molecule has 0 fully saturated rings. The van der Waals surface area contributed by atoms with E-state index in [9.17, 15) is 9.59 Å². The minimum absolute atomic E-state index is 0.0305. The van der Waals surface area contributed by atoms with Crippen LogP contribution in [0.2, 0.25) is 0 Å². The Morgan fingerprint density at radius 1 is 1.31 bits per heavy atom. The first kappa shape index (κ1) is 20.9. The molecule has 0 aliphatic carbocycles. The normalized spacial score (nSPS) is 13.2. The number of nitrogens with zero attached hydrogens (tertiary/aromatic N) is 2. The van der Waals surface area contributed by atoms with Crippen molar-refractivity contribution in [2.24, 2.45) is 5.92 Å². The fraction of sp³-hybridized carbons (Fsp3) is 0.500. The van der Waals surface area contributed by atoms with E-state index in [-0.39, 0.29) is 11.8 Å². The van der Waals surface area contributed by atoms with Gasteiger partial charge >= 0.3 is 0 Å². The van der Waals surface area contributed by atoms with E-state index in [0.29, 0.717) is 31.9 Å². The number of fused-ring (bicyclic) bond motifs is 1. The molecule has 1 aromatic heterocycles. The smallest absolute Gasteiger partial charge is 0.224 e. The fourth-order valence-electron chi connectivity index (χ4n) is 3.55. The standard InChI is InChI=1S/C22H30N4O3/c1-14(2)13-26-16(4)19(15(3)25-26)12-22(28)23-9-10-29-18-6-7-20-17(11-18)5-8-21(27)24-20/h6-7,11,14H,5,8-10,12-13H2,1-4H3,(H,23,28)(H,24,27). The van der Waals surface area contributed by atoms with E-state index in [2.05, 4.69) is 29.6 Å². The topological polar surface area (TPSA) is 85.2 Å². The lowest BCUT2D eigenvalue weighted by molar-refractivity contribution is -0.120. The highest BCUT2D eigenvalue weighted by molar-refractivity contribution is 5.94. The quantitative estimate of drug-likeness (QED) is 0.670. The third-order valence-electron chi connectivity index (χ3n) is 5.07. The highest BCUT2D eigenvalue weighted by Gasteiger charge is 2.16.